The second kappa shape index (κ2) is 10.1. The largest absolute Gasteiger partial charge is 0.480 e. The number of esters is 1. The third-order valence-corrected chi connectivity index (χ3v) is 8.97. The van der Waals surface area contributed by atoms with E-state index in [2.05, 4.69) is 5.32 Å². The first-order valence-corrected chi connectivity index (χ1v) is 12.0. The maximum atomic E-state index is 13.2. The summed E-state index contributed by atoms with van der Waals surface area (Å²) in [4.78, 5) is 38.7. The number of methoxy groups -OCH3 is 1. The molecule has 0 aliphatic carbocycles. The highest BCUT2D eigenvalue weighted by Crippen LogP contribution is 2.51. The minimum absolute atomic E-state index is 0.229. The second-order valence-electron chi connectivity index (χ2n) is 7.62. The van der Waals surface area contributed by atoms with Crippen LogP contribution in [0.3, 0.4) is 0 Å². The van der Waals surface area contributed by atoms with Crippen LogP contribution in [0.5, 0.6) is 0 Å². The van der Waals surface area contributed by atoms with E-state index in [9.17, 15) is 19.5 Å². The number of carboxylic acids is 1. The highest BCUT2D eigenvalue weighted by atomic mass is 32.2. The number of thioether (sulfide) groups is 2. The van der Waals surface area contributed by atoms with Gasteiger partial charge in [0.2, 0.25) is 5.91 Å². The zero-order valence-corrected chi connectivity index (χ0v) is 18.8. The molecule has 1 spiro atoms. The minimum Gasteiger partial charge on any atom is -0.480 e. The molecule has 0 bridgehead atoms. The monoisotopic (exact) mass is 452 g/mol. The van der Waals surface area contributed by atoms with Crippen molar-refractivity contribution in [1.82, 2.24) is 10.2 Å². The van der Waals surface area contributed by atoms with Crippen molar-refractivity contribution in [3.05, 3.63) is 35.9 Å². The molecule has 3 atom stereocenters. The third kappa shape index (κ3) is 5.31. The molecule has 9 heteroatoms. The topological polar surface area (TPSA) is 95.9 Å². The van der Waals surface area contributed by atoms with Crippen LogP contribution in [0.1, 0.15) is 25.3 Å². The van der Waals surface area contributed by atoms with Crippen LogP contribution in [0.2, 0.25) is 0 Å². The lowest BCUT2D eigenvalue weighted by Gasteiger charge is -2.28. The van der Waals surface area contributed by atoms with Gasteiger partial charge < -0.3 is 14.7 Å². The number of aryl methyl sites for hydroxylation is 1. The number of rotatable bonds is 8. The van der Waals surface area contributed by atoms with Crippen LogP contribution >= 0.6 is 23.5 Å². The van der Waals surface area contributed by atoms with Crippen LogP contribution in [0.25, 0.3) is 0 Å². The number of amides is 1. The highest BCUT2D eigenvalue weighted by Gasteiger charge is 2.52. The van der Waals surface area contributed by atoms with Crippen LogP contribution in [0.4, 0.5) is 0 Å². The SMILES string of the molecule is COC(=O)[C@H](CCc1ccccc1)N[C@@H](C)C(=O)N1CC2(CC1C(=O)O)SCCS2. The summed E-state index contributed by atoms with van der Waals surface area (Å²) >= 11 is 3.49. The number of ether oxygens (including phenoxy) is 1. The van der Waals surface area contributed by atoms with Gasteiger partial charge >= 0.3 is 11.9 Å². The number of carboxylic acid groups (broad SMARTS) is 1. The minimum atomic E-state index is -0.978. The van der Waals surface area contributed by atoms with Crippen molar-refractivity contribution in [3.8, 4) is 0 Å². The summed E-state index contributed by atoms with van der Waals surface area (Å²) in [5, 5.41) is 12.8. The Morgan fingerprint density at radius 3 is 2.53 bits per heavy atom. The van der Waals surface area contributed by atoms with E-state index in [1.54, 1.807) is 30.4 Å². The Hall–Kier alpha value is -1.71. The highest BCUT2D eigenvalue weighted by molar-refractivity contribution is 8.21. The van der Waals surface area contributed by atoms with E-state index in [-0.39, 0.29) is 9.99 Å². The molecule has 7 nitrogen and oxygen atoms in total. The molecule has 2 N–H and O–H groups in total. The number of hydrogen-bond donors (Lipinski definition) is 2. The first-order valence-electron chi connectivity index (χ1n) is 10.0. The molecular formula is C21H28N2O5S2. The van der Waals surface area contributed by atoms with Crippen molar-refractivity contribution >= 4 is 41.4 Å². The number of likely N-dealkylation sites (tertiary alicyclic amines) is 1. The number of nitrogens with zero attached hydrogens (tertiary/aromatic N) is 1. The predicted octanol–water partition coefficient (Wildman–Crippen LogP) is 2.00. The summed E-state index contributed by atoms with van der Waals surface area (Å²) in [6, 6.07) is 7.61. The van der Waals surface area contributed by atoms with Crippen molar-refractivity contribution in [3.63, 3.8) is 0 Å². The van der Waals surface area contributed by atoms with E-state index in [0.29, 0.717) is 25.8 Å². The van der Waals surface area contributed by atoms with Crippen molar-refractivity contribution in [2.75, 3.05) is 25.2 Å². The first-order chi connectivity index (χ1) is 14.3. The Bertz CT molecular complexity index is 770. The molecular weight excluding hydrogens is 424 g/mol. The Balaban J connectivity index is 1.66. The molecule has 2 aliphatic rings. The number of aliphatic carboxylic acids is 1. The summed E-state index contributed by atoms with van der Waals surface area (Å²) < 4.78 is 4.69. The van der Waals surface area contributed by atoms with E-state index in [1.807, 2.05) is 30.3 Å². The number of hydrogen-bond acceptors (Lipinski definition) is 7. The van der Waals surface area contributed by atoms with Crippen LogP contribution < -0.4 is 5.32 Å². The maximum absolute atomic E-state index is 13.2. The maximum Gasteiger partial charge on any atom is 0.326 e. The van der Waals surface area contributed by atoms with E-state index < -0.39 is 30.1 Å². The molecule has 2 fully saturated rings. The van der Waals surface area contributed by atoms with Crippen LogP contribution in [-0.2, 0) is 25.5 Å². The Kier molecular flexibility index (Phi) is 7.70. The van der Waals surface area contributed by atoms with Gasteiger partial charge in [0, 0.05) is 24.5 Å². The average Bonchev–Trinajstić information content (AvgIpc) is 3.37. The molecule has 1 aromatic rings. The molecule has 2 saturated heterocycles. The molecule has 0 radical (unpaired) electrons. The fourth-order valence-corrected chi connectivity index (χ4v) is 7.24. The lowest BCUT2D eigenvalue weighted by atomic mass is 10.0. The molecule has 164 valence electrons. The number of carbonyl (C=O) groups is 3. The third-order valence-electron chi connectivity index (χ3n) is 5.55. The quantitative estimate of drug-likeness (QED) is 0.579. The van der Waals surface area contributed by atoms with E-state index >= 15 is 0 Å². The molecule has 0 aromatic heterocycles. The van der Waals surface area contributed by atoms with Gasteiger partial charge in [0.25, 0.3) is 0 Å². The van der Waals surface area contributed by atoms with Gasteiger partial charge in [-0.15, -0.1) is 23.5 Å². The lowest BCUT2D eigenvalue weighted by molar-refractivity contribution is -0.150. The van der Waals surface area contributed by atoms with Crippen LogP contribution in [-0.4, -0.2) is 75.2 Å². The smallest absolute Gasteiger partial charge is 0.326 e. The molecule has 2 aliphatic heterocycles. The first kappa shape index (κ1) is 23.0. The second-order valence-corrected chi connectivity index (χ2v) is 10.8. The van der Waals surface area contributed by atoms with Gasteiger partial charge in [-0.25, -0.2) is 4.79 Å². The van der Waals surface area contributed by atoms with Gasteiger partial charge in [0.05, 0.1) is 17.2 Å². The summed E-state index contributed by atoms with van der Waals surface area (Å²) in [7, 11) is 1.32. The molecule has 1 aromatic carbocycles. The molecule has 0 saturated carbocycles. The van der Waals surface area contributed by atoms with Gasteiger partial charge in [-0.1, -0.05) is 30.3 Å². The van der Waals surface area contributed by atoms with Gasteiger partial charge in [-0.2, -0.15) is 0 Å². The van der Waals surface area contributed by atoms with Gasteiger partial charge in [-0.3, -0.25) is 14.9 Å². The summed E-state index contributed by atoms with van der Waals surface area (Å²) in [6.07, 6.45) is 1.59. The molecule has 1 amide bonds. The molecule has 2 heterocycles. The van der Waals surface area contributed by atoms with Crippen LogP contribution in [0.15, 0.2) is 30.3 Å². The van der Waals surface area contributed by atoms with Gasteiger partial charge in [0.1, 0.15) is 12.1 Å². The average molecular weight is 453 g/mol. The van der Waals surface area contributed by atoms with Crippen molar-refractivity contribution < 1.29 is 24.2 Å². The number of nitrogens with one attached hydrogen (secondary N) is 1. The number of benzene rings is 1. The normalized spacial score (nSPS) is 22.1. The lowest BCUT2D eigenvalue weighted by Crippen LogP contribution is -2.53. The van der Waals surface area contributed by atoms with Crippen LogP contribution in [0, 0.1) is 0 Å². The number of carbonyl (C=O) groups excluding carboxylic acids is 2. The van der Waals surface area contributed by atoms with E-state index in [4.69, 9.17) is 4.74 Å². The van der Waals surface area contributed by atoms with E-state index in [0.717, 1.165) is 17.1 Å². The van der Waals surface area contributed by atoms with Crippen molar-refractivity contribution in [1.29, 1.82) is 0 Å². The Morgan fingerprint density at radius 1 is 1.27 bits per heavy atom. The van der Waals surface area contributed by atoms with Gasteiger partial charge in [0.15, 0.2) is 0 Å². The fourth-order valence-electron chi connectivity index (χ4n) is 3.99. The molecule has 1 unspecified atom stereocenters. The standard InChI is InChI=1S/C21H28N2O5S2/c1-14(22-16(20(27)28-2)9-8-15-6-4-3-5-7-15)18(24)23-13-21(29-10-11-30-21)12-17(23)19(25)26/h3-7,14,16-17,22H,8-13H2,1-2H3,(H,25,26)/t14-,16-,17?/m0/s1. The van der Waals surface area contributed by atoms with Crippen molar-refractivity contribution in [2.24, 2.45) is 0 Å². The Morgan fingerprint density at radius 2 is 1.93 bits per heavy atom. The Labute approximate surface area is 185 Å². The zero-order chi connectivity index (χ0) is 21.7. The van der Waals surface area contributed by atoms with Crippen molar-refractivity contribution in [2.45, 2.75) is 48.4 Å². The predicted molar refractivity (Wildman–Crippen MR) is 119 cm³/mol. The molecule has 30 heavy (non-hydrogen) atoms. The summed E-state index contributed by atoms with van der Waals surface area (Å²) in [6.45, 7) is 2.09. The zero-order valence-electron chi connectivity index (χ0n) is 17.2. The fraction of sp³-hybridized carbons (Fsp3) is 0.571. The summed E-state index contributed by atoms with van der Waals surface area (Å²) in [5.74, 6) is 0.239. The van der Waals surface area contributed by atoms with Gasteiger partial charge in [-0.05, 0) is 25.3 Å². The molecule has 3 rings (SSSR count). The summed E-state index contributed by atoms with van der Waals surface area (Å²) in [5.41, 5.74) is 1.09. The van der Waals surface area contributed by atoms with E-state index in [1.165, 1.54) is 12.0 Å².